The monoisotopic (exact) mass is 446 g/mol. The molecule has 0 saturated carbocycles. The standard InChI is InChI=1S/C17H13F3N2O5S2/c1-26-16(23)15-13(29(24,25)22-17(18,19)20)8-14(28-15)27-9-11-7-6-10-4-2-3-5-12(10)21-11/h2-8,22H,9H2,1H3. The Morgan fingerprint density at radius 2 is 1.93 bits per heavy atom. The molecule has 7 nitrogen and oxygen atoms in total. The quantitative estimate of drug-likeness (QED) is 0.460. The number of hydrogen-bond donors (Lipinski definition) is 1. The SMILES string of the molecule is COC(=O)c1sc(OCc2ccc3ccccc3n2)cc1S(=O)(=O)NC(F)(F)F. The van der Waals surface area contributed by atoms with Gasteiger partial charge in [0.2, 0.25) is 10.0 Å². The number of benzene rings is 1. The predicted octanol–water partition coefficient (Wildman–Crippen LogP) is 3.46. The minimum Gasteiger partial charge on any atom is -0.478 e. The van der Waals surface area contributed by atoms with E-state index in [4.69, 9.17) is 4.74 Å². The number of aromatic nitrogens is 1. The van der Waals surface area contributed by atoms with E-state index in [1.165, 1.54) is 0 Å². The average Bonchev–Trinajstić information content (AvgIpc) is 3.09. The Balaban J connectivity index is 1.87. The van der Waals surface area contributed by atoms with Crippen LogP contribution < -0.4 is 9.46 Å². The molecule has 0 aliphatic carbocycles. The van der Waals surface area contributed by atoms with Crippen molar-refractivity contribution in [1.29, 1.82) is 0 Å². The van der Waals surface area contributed by atoms with Gasteiger partial charge in [-0.3, -0.25) is 0 Å². The largest absolute Gasteiger partial charge is 0.478 e. The van der Waals surface area contributed by atoms with E-state index in [0.29, 0.717) is 27.3 Å². The van der Waals surface area contributed by atoms with Crippen molar-refractivity contribution < 1.29 is 35.9 Å². The summed E-state index contributed by atoms with van der Waals surface area (Å²) in [7, 11) is -4.07. The van der Waals surface area contributed by atoms with Crippen LogP contribution in [0.3, 0.4) is 0 Å². The molecule has 3 rings (SSSR count). The number of halogens is 3. The highest BCUT2D eigenvalue weighted by molar-refractivity contribution is 7.89. The minimum atomic E-state index is -5.20. The van der Waals surface area contributed by atoms with Crippen LogP contribution in [0.4, 0.5) is 13.2 Å². The lowest BCUT2D eigenvalue weighted by molar-refractivity contribution is -0.138. The first-order chi connectivity index (χ1) is 13.6. The fourth-order valence-electron chi connectivity index (χ4n) is 2.40. The number of rotatable bonds is 6. The molecule has 29 heavy (non-hydrogen) atoms. The van der Waals surface area contributed by atoms with Gasteiger partial charge >= 0.3 is 12.3 Å². The van der Waals surface area contributed by atoms with Crippen molar-refractivity contribution in [2.24, 2.45) is 0 Å². The van der Waals surface area contributed by atoms with E-state index >= 15 is 0 Å². The first-order valence-electron chi connectivity index (χ1n) is 7.89. The first-order valence-corrected chi connectivity index (χ1v) is 10.2. The van der Waals surface area contributed by atoms with Gasteiger partial charge in [-0.25, -0.2) is 18.2 Å². The lowest BCUT2D eigenvalue weighted by atomic mass is 10.2. The fraction of sp³-hybridized carbons (Fsp3) is 0.176. The number of sulfonamides is 1. The number of hydrogen-bond acceptors (Lipinski definition) is 7. The maximum absolute atomic E-state index is 12.5. The van der Waals surface area contributed by atoms with Crippen LogP contribution in [0.2, 0.25) is 0 Å². The number of nitrogens with zero attached hydrogens (tertiary/aromatic N) is 1. The number of para-hydroxylation sites is 1. The van der Waals surface area contributed by atoms with Crippen molar-refractivity contribution >= 4 is 38.2 Å². The molecule has 3 aromatic rings. The second-order valence-electron chi connectivity index (χ2n) is 5.64. The molecule has 0 amide bonds. The summed E-state index contributed by atoms with van der Waals surface area (Å²) in [5, 5.41) is 0.829. The zero-order valence-electron chi connectivity index (χ0n) is 14.7. The Labute approximate surface area is 167 Å². The highest BCUT2D eigenvalue weighted by atomic mass is 32.2. The molecule has 1 aromatic carbocycles. The van der Waals surface area contributed by atoms with Gasteiger partial charge in [0.25, 0.3) is 0 Å². The zero-order valence-corrected chi connectivity index (χ0v) is 16.3. The van der Waals surface area contributed by atoms with E-state index in [2.05, 4.69) is 9.72 Å². The highest BCUT2D eigenvalue weighted by Gasteiger charge is 2.38. The molecular weight excluding hydrogens is 433 g/mol. The van der Waals surface area contributed by atoms with Crippen LogP contribution in [-0.2, 0) is 21.4 Å². The van der Waals surface area contributed by atoms with Crippen LogP contribution in [-0.4, -0.2) is 32.8 Å². The van der Waals surface area contributed by atoms with E-state index in [1.807, 2.05) is 24.3 Å². The molecule has 0 unspecified atom stereocenters. The summed E-state index contributed by atoms with van der Waals surface area (Å²) in [6.45, 7) is -0.0852. The minimum absolute atomic E-state index is 0.0806. The van der Waals surface area contributed by atoms with E-state index < -0.39 is 32.1 Å². The molecule has 12 heteroatoms. The number of thiophene rings is 1. The number of ether oxygens (including phenoxy) is 2. The third kappa shape index (κ3) is 5.02. The normalized spacial score (nSPS) is 12.1. The van der Waals surface area contributed by atoms with Gasteiger partial charge in [-0.15, -0.1) is 4.72 Å². The van der Waals surface area contributed by atoms with Crippen LogP contribution in [0.25, 0.3) is 10.9 Å². The molecule has 0 saturated heterocycles. The Kier molecular flexibility index (Phi) is 5.78. The molecule has 0 aliphatic rings. The van der Waals surface area contributed by atoms with Gasteiger partial charge in [0.05, 0.1) is 18.3 Å². The molecule has 154 valence electrons. The molecule has 0 fully saturated rings. The lowest BCUT2D eigenvalue weighted by Gasteiger charge is -2.09. The predicted molar refractivity (Wildman–Crippen MR) is 98.1 cm³/mol. The van der Waals surface area contributed by atoms with E-state index in [0.717, 1.165) is 18.6 Å². The van der Waals surface area contributed by atoms with E-state index in [9.17, 15) is 26.4 Å². The van der Waals surface area contributed by atoms with Crippen molar-refractivity contribution in [2.45, 2.75) is 17.8 Å². The van der Waals surface area contributed by atoms with Crippen molar-refractivity contribution in [2.75, 3.05) is 7.11 Å². The Bertz CT molecular complexity index is 1160. The number of esters is 1. The summed E-state index contributed by atoms with van der Waals surface area (Å²) in [4.78, 5) is 14.8. The molecule has 0 atom stereocenters. The maximum Gasteiger partial charge on any atom is 0.470 e. The molecule has 2 heterocycles. The average molecular weight is 446 g/mol. The van der Waals surface area contributed by atoms with E-state index in [-0.39, 0.29) is 11.7 Å². The van der Waals surface area contributed by atoms with Gasteiger partial charge in [0.1, 0.15) is 16.4 Å². The summed E-state index contributed by atoms with van der Waals surface area (Å²) >= 11 is 0.557. The second-order valence-corrected chi connectivity index (χ2v) is 8.30. The van der Waals surface area contributed by atoms with Gasteiger partial charge in [-0.05, 0) is 12.1 Å². The number of fused-ring (bicyclic) bond motifs is 1. The molecule has 1 N–H and O–H groups in total. The topological polar surface area (TPSA) is 94.6 Å². The number of pyridine rings is 1. The lowest BCUT2D eigenvalue weighted by Crippen LogP contribution is -2.37. The van der Waals surface area contributed by atoms with Gasteiger partial charge < -0.3 is 9.47 Å². The van der Waals surface area contributed by atoms with Crippen LogP contribution >= 0.6 is 11.3 Å². The molecule has 0 spiro atoms. The van der Waals surface area contributed by atoms with Crippen LogP contribution in [0.1, 0.15) is 15.4 Å². The number of methoxy groups -OCH3 is 1. The van der Waals surface area contributed by atoms with Gasteiger partial charge in [0.15, 0.2) is 5.06 Å². The summed E-state index contributed by atoms with van der Waals surface area (Å²) in [6.07, 6.45) is -5.20. The first kappa shape index (κ1) is 21.0. The molecular formula is C17H13F3N2O5S2. The zero-order chi connectivity index (χ0) is 21.2. The third-order valence-corrected chi connectivity index (χ3v) is 6.16. The van der Waals surface area contributed by atoms with E-state index in [1.54, 1.807) is 12.1 Å². The summed E-state index contributed by atoms with van der Waals surface area (Å²) in [5.41, 5.74) is 1.22. The van der Waals surface area contributed by atoms with Crippen molar-refractivity contribution in [3.63, 3.8) is 0 Å². The van der Waals surface area contributed by atoms with Crippen LogP contribution in [0.5, 0.6) is 5.06 Å². The van der Waals surface area contributed by atoms with Crippen LogP contribution in [0.15, 0.2) is 47.4 Å². The maximum atomic E-state index is 12.5. The Hall–Kier alpha value is -2.70. The number of carbonyl (C=O) groups is 1. The Morgan fingerprint density at radius 3 is 2.62 bits per heavy atom. The van der Waals surface area contributed by atoms with Crippen molar-refractivity contribution in [3.8, 4) is 5.06 Å². The second kappa shape index (κ2) is 7.97. The van der Waals surface area contributed by atoms with Gasteiger partial charge in [-0.1, -0.05) is 35.6 Å². The van der Waals surface area contributed by atoms with Gasteiger partial charge in [-0.2, -0.15) is 13.2 Å². The molecule has 0 aliphatic heterocycles. The molecule has 0 bridgehead atoms. The molecule has 2 aromatic heterocycles. The summed E-state index contributed by atoms with van der Waals surface area (Å²) in [6, 6.07) is 11.7. The summed E-state index contributed by atoms with van der Waals surface area (Å²) in [5.74, 6) is -1.10. The van der Waals surface area contributed by atoms with Crippen molar-refractivity contribution in [3.05, 3.63) is 53.0 Å². The number of nitrogens with one attached hydrogen (secondary N) is 1. The third-order valence-electron chi connectivity index (χ3n) is 3.60. The summed E-state index contributed by atoms with van der Waals surface area (Å²) < 4.78 is 72.0. The highest BCUT2D eigenvalue weighted by Crippen LogP contribution is 2.34. The Morgan fingerprint density at radius 1 is 1.21 bits per heavy atom. The number of carbonyl (C=O) groups excluding carboxylic acids is 1. The fourth-order valence-corrected chi connectivity index (χ4v) is 4.75. The molecule has 0 radical (unpaired) electrons. The van der Waals surface area contributed by atoms with Gasteiger partial charge in [0, 0.05) is 11.5 Å². The van der Waals surface area contributed by atoms with Crippen LogP contribution in [0, 0.1) is 0 Å². The smallest absolute Gasteiger partial charge is 0.470 e. The van der Waals surface area contributed by atoms with Crippen molar-refractivity contribution in [1.82, 2.24) is 9.71 Å². The number of alkyl halides is 3.